The van der Waals surface area contributed by atoms with E-state index in [9.17, 15) is 15.0 Å². The van der Waals surface area contributed by atoms with Crippen LogP contribution in [0.5, 0.6) is 0 Å². The molecule has 0 aromatic carbocycles. The van der Waals surface area contributed by atoms with Crippen molar-refractivity contribution < 1.29 is 15.0 Å². The molecular weight excluding hydrogens is 879 g/mol. The minimum atomic E-state index is -0.680. The van der Waals surface area contributed by atoms with Crippen LogP contribution < -0.4 is 5.32 Å². The molecule has 416 valence electrons. The largest absolute Gasteiger partial charge is 0.394 e. The molecule has 0 aromatic heterocycles. The zero-order valence-electron chi connectivity index (χ0n) is 47.9. The Morgan fingerprint density at radius 1 is 0.347 bits per heavy atom. The normalized spacial score (nSPS) is 13.4. The van der Waals surface area contributed by atoms with Crippen molar-refractivity contribution in [3.63, 3.8) is 0 Å². The Balaban J connectivity index is 3.53. The quantitative estimate of drug-likeness (QED) is 0.0420. The first kappa shape index (κ1) is 69.3. The van der Waals surface area contributed by atoms with Gasteiger partial charge < -0.3 is 15.5 Å². The van der Waals surface area contributed by atoms with Crippen molar-refractivity contribution in [2.75, 3.05) is 6.61 Å². The van der Waals surface area contributed by atoms with Crippen LogP contribution in [-0.2, 0) is 4.79 Å². The Morgan fingerprint density at radius 2 is 0.611 bits per heavy atom. The third kappa shape index (κ3) is 58.2. The highest BCUT2D eigenvalue weighted by Crippen LogP contribution is 2.18. The number of hydrogen-bond acceptors (Lipinski definition) is 3. The fourth-order valence-electron chi connectivity index (χ4n) is 9.38. The van der Waals surface area contributed by atoms with E-state index in [2.05, 4.69) is 116 Å². The number of carbonyl (C=O) groups is 1. The molecule has 0 bridgehead atoms. The van der Waals surface area contributed by atoms with E-state index in [1.807, 2.05) is 0 Å². The standard InChI is InChI=1S/C68H121NO3/c1-3-5-7-9-11-13-15-17-19-21-23-25-27-29-31-33-34-36-37-39-41-43-45-47-49-51-53-55-57-59-61-63-67(71)66(65-70)69-68(72)64-62-60-58-56-54-52-50-48-46-44-42-40-38-35-32-30-28-26-24-22-20-18-16-14-12-10-8-6-4-2/h6,8,12,14,18,20,24,26,30,32,38,40,44,46,50,52,66-67,70-71H,3-5,7,9-11,13,15-17,19,21-23,25,27-29,31,33-37,39,41-43,45,47-49,51,53-65H2,1-2H3,(H,69,72)/b8-6-,14-12-,20-18-,26-24-,32-30-,40-38-,46-44-,52-50-. The molecule has 2 atom stereocenters. The fourth-order valence-corrected chi connectivity index (χ4v) is 9.38. The lowest BCUT2D eigenvalue weighted by Gasteiger charge is -2.22. The Bertz CT molecular complexity index is 1320. The first-order valence-electron chi connectivity index (χ1n) is 31.4. The Morgan fingerprint density at radius 3 is 0.917 bits per heavy atom. The summed E-state index contributed by atoms with van der Waals surface area (Å²) in [5.41, 5.74) is 0. The van der Waals surface area contributed by atoms with Crippen LogP contribution in [0.4, 0.5) is 0 Å². The van der Waals surface area contributed by atoms with Gasteiger partial charge in [-0.15, -0.1) is 0 Å². The molecule has 0 aromatic rings. The van der Waals surface area contributed by atoms with Crippen LogP contribution in [-0.4, -0.2) is 34.9 Å². The summed E-state index contributed by atoms with van der Waals surface area (Å²) in [6.45, 7) is 4.26. The Kier molecular flexibility index (Phi) is 60.3. The molecule has 0 aliphatic carbocycles. The van der Waals surface area contributed by atoms with Crippen LogP contribution in [0, 0.1) is 0 Å². The van der Waals surface area contributed by atoms with Crippen molar-refractivity contribution in [3.05, 3.63) is 97.2 Å². The van der Waals surface area contributed by atoms with Gasteiger partial charge in [-0.25, -0.2) is 0 Å². The van der Waals surface area contributed by atoms with Crippen LogP contribution in [0.25, 0.3) is 0 Å². The van der Waals surface area contributed by atoms with Gasteiger partial charge in [-0.05, 0) is 77.0 Å². The topological polar surface area (TPSA) is 69.6 Å². The molecule has 0 radical (unpaired) electrons. The summed E-state index contributed by atoms with van der Waals surface area (Å²) < 4.78 is 0. The molecule has 0 aliphatic heterocycles. The van der Waals surface area contributed by atoms with Gasteiger partial charge in [-0.2, -0.15) is 0 Å². The van der Waals surface area contributed by atoms with Crippen molar-refractivity contribution in [1.29, 1.82) is 0 Å². The first-order valence-corrected chi connectivity index (χ1v) is 31.4. The van der Waals surface area contributed by atoms with Crippen molar-refractivity contribution in [1.82, 2.24) is 5.32 Å². The lowest BCUT2D eigenvalue weighted by atomic mass is 10.0. The maximum absolute atomic E-state index is 12.5. The predicted molar refractivity (Wildman–Crippen MR) is 322 cm³/mol. The van der Waals surface area contributed by atoms with Gasteiger partial charge in [0.1, 0.15) is 0 Å². The summed E-state index contributed by atoms with van der Waals surface area (Å²) in [6.07, 6.45) is 92.8. The lowest BCUT2D eigenvalue weighted by Crippen LogP contribution is -2.45. The van der Waals surface area contributed by atoms with Crippen LogP contribution in [0.3, 0.4) is 0 Å². The molecule has 2 unspecified atom stereocenters. The molecule has 72 heavy (non-hydrogen) atoms. The third-order valence-corrected chi connectivity index (χ3v) is 14.1. The zero-order valence-corrected chi connectivity index (χ0v) is 47.9. The predicted octanol–water partition coefficient (Wildman–Crippen LogP) is 21.3. The zero-order chi connectivity index (χ0) is 52.0. The molecule has 0 heterocycles. The molecule has 0 rings (SSSR count). The smallest absolute Gasteiger partial charge is 0.220 e. The maximum Gasteiger partial charge on any atom is 0.220 e. The van der Waals surface area contributed by atoms with Crippen molar-refractivity contribution in [2.45, 2.75) is 321 Å². The molecular formula is C68H121NO3. The van der Waals surface area contributed by atoms with Gasteiger partial charge in [0.15, 0.2) is 0 Å². The fraction of sp³-hybridized carbons (Fsp3) is 0.750. The van der Waals surface area contributed by atoms with Crippen molar-refractivity contribution in [3.8, 4) is 0 Å². The second-order valence-corrected chi connectivity index (χ2v) is 21.1. The number of hydrogen-bond donors (Lipinski definition) is 3. The Hall–Kier alpha value is -2.69. The van der Waals surface area contributed by atoms with Crippen LogP contribution in [0.15, 0.2) is 97.2 Å². The van der Waals surface area contributed by atoms with Gasteiger partial charge in [-0.3, -0.25) is 4.79 Å². The highest BCUT2D eigenvalue weighted by Gasteiger charge is 2.20. The van der Waals surface area contributed by atoms with E-state index in [0.717, 1.165) is 96.3 Å². The van der Waals surface area contributed by atoms with E-state index in [0.29, 0.717) is 12.8 Å². The highest BCUT2D eigenvalue weighted by molar-refractivity contribution is 5.76. The SMILES string of the molecule is CC/C=C\C/C=C\C/C=C\C/C=C\C/C=C\C/C=C\C/C=C\C/C=C\CCCCCCC(=O)NC(CO)C(O)CCCCCCCCCCCCCCCCCCCCCCCCCCCCCCCCC. The average molecular weight is 1000 g/mol. The number of nitrogens with one attached hydrogen (secondary N) is 1. The van der Waals surface area contributed by atoms with Crippen molar-refractivity contribution in [2.24, 2.45) is 0 Å². The first-order chi connectivity index (χ1) is 35.7. The molecule has 0 fully saturated rings. The lowest BCUT2D eigenvalue weighted by molar-refractivity contribution is -0.123. The van der Waals surface area contributed by atoms with E-state index in [-0.39, 0.29) is 12.5 Å². The monoisotopic (exact) mass is 1000 g/mol. The number of amides is 1. The van der Waals surface area contributed by atoms with Gasteiger partial charge in [0.25, 0.3) is 0 Å². The van der Waals surface area contributed by atoms with Gasteiger partial charge in [-0.1, -0.05) is 323 Å². The van der Waals surface area contributed by atoms with E-state index in [1.165, 1.54) is 186 Å². The average Bonchev–Trinajstić information content (AvgIpc) is 3.39. The van der Waals surface area contributed by atoms with Crippen LogP contribution in [0.1, 0.15) is 309 Å². The molecule has 0 saturated heterocycles. The van der Waals surface area contributed by atoms with E-state index >= 15 is 0 Å². The molecule has 0 aliphatic rings. The highest BCUT2D eigenvalue weighted by atomic mass is 16.3. The summed E-state index contributed by atoms with van der Waals surface area (Å²) in [6, 6.07) is -0.559. The van der Waals surface area contributed by atoms with Crippen LogP contribution >= 0.6 is 0 Å². The summed E-state index contributed by atoms with van der Waals surface area (Å²) >= 11 is 0. The Labute approximate surface area is 449 Å². The number of rotatable bonds is 57. The number of aliphatic hydroxyl groups excluding tert-OH is 2. The molecule has 0 saturated carbocycles. The summed E-state index contributed by atoms with van der Waals surface area (Å²) in [4.78, 5) is 12.5. The summed E-state index contributed by atoms with van der Waals surface area (Å²) in [5.74, 6) is -0.0558. The summed E-state index contributed by atoms with van der Waals surface area (Å²) in [5, 5.41) is 23.4. The minimum absolute atomic E-state index is 0.0558. The number of aliphatic hydroxyl groups is 2. The van der Waals surface area contributed by atoms with E-state index in [4.69, 9.17) is 0 Å². The molecule has 3 N–H and O–H groups in total. The van der Waals surface area contributed by atoms with Gasteiger partial charge in [0.2, 0.25) is 5.91 Å². The second kappa shape index (κ2) is 62.6. The molecule has 1 amide bonds. The van der Waals surface area contributed by atoms with E-state index in [1.54, 1.807) is 0 Å². The van der Waals surface area contributed by atoms with Crippen molar-refractivity contribution >= 4 is 5.91 Å². The molecule has 0 spiro atoms. The summed E-state index contributed by atoms with van der Waals surface area (Å²) in [7, 11) is 0. The number of allylic oxidation sites excluding steroid dienone is 16. The maximum atomic E-state index is 12.5. The number of unbranched alkanes of at least 4 members (excludes halogenated alkanes) is 34. The number of carbonyl (C=O) groups excluding carboxylic acids is 1. The van der Waals surface area contributed by atoms with Gasteiger partial charge >= 0.3 is 0 Å². The third-order valence-electron chi connectivity index (χ3n) is 14.1. The minimum Gasteiger partial charge on any atom is -0.394 e. The molecule has 4 heteroatoms. The molecule has 4 nitrogen and oxygen atoms in total. The van der Waals surface area contributed by atoms with E-state index < -0.39 is 12.1 Å². The van der Waals surface area contributed by atoms with Gasteiger partial charge in [0, 0.05) is 6.42 Å². The second-order valence-electron chi connectivity index (χ2n) is 21.1. The van der Waals surface area contributed by atoms with Crippen LogP contribution in [0.2, 0.25) is 0 Å². The van der Waals surface area contributed by atoms with Gasteiger partial charge in [0.05, 0.1) is 18.8 Å².